The van der Waals surface area contributed by atoms with Crippen molar-refractivity contribution in [2.75, 3.05) is 13.2 Å². The summed E-state index contributed by atoms with van der Waals surface area (Å²) < 4.78 is 9.50. The van der Waals surface area contributed by atoms with Crippen LogP contribution >= 0.6 is 0 Å². The number of hydrogen-bond donors (Lipinski definition) is 2. The fraction of sp³-hybridized carbons (Fsp3) is 0.857. The van der Waals surface area contributed by atoms with Gasteiger partial charge in [0, 0.05) is 12.8 Å². The Kier molecular flexibility index (Phi) is 10.7. The molecule has 0 aromatic heterocycles. The van der Waals surface area contributed by atoms with E-state index in [4.69, 9.17) is 29.8 Å². The van der Waals surface area contributed by atoms with Gasteiger partial charge in [-0.15, -0.1) is 0 Å². The SMILES string of the molecule is CCOC(=O)CCC(C)(OO)OOC(C)(CCC(=O)OCC)OO. The highest BCUT2D eigenvalue weighted by Gasteiger charge is 2.36. The molecule has 24 heavy (non-hydrogen) atoms. The lowest BCUT2D eigenvalue weighted by molar-refractivity contribution is -0.566. The van der Waals surface area contributed by atoms with Crippen LogP contribution in [-0.2, 0) is 38.6 Å². The highest BCUT2D eigenvalue weighted by atomic mass is 17.3. The van der Waals surface area contributed by atoms with Gasteiger partial charge in [-0.2, -0.15) is 9.78 Å². The average molecular weight is 354 g/mol. The van der Waals surface area contributed by atoms with Crippen LogP contribution in [0, 0.1) is 0 Å². The smallest absolute Gasteiger partial charge is 0.305 e. The predicted molar refractivity (Wildman–Crippen MR) is 78.1 cm³/mol. The molecular weight excluding hydrogens is 328 g/mol. The van der Waals surface area contributed by atoms with E-state index in [1.54, 1.807) is 13.8 Å². The third kappa shape index (κ3) is 9.11. The van der Waals surface area contributed by atoms with Crippen molar-refractivity contribution < 1.29 is 49.1 Å². The normalized spacial score (nSPS) is 16.1. The van der Waals surface area contributed by atoms with Gasteiger partial charge in [-0.1, -0.05) is 0 Å². The van der Waals surface area contributed by atoms with Crippen LogP contribution in [0.25, 0.3) is 0 Å². The van der Waals surface area contributed by atoms with Crippen molar-refractivity contribution in [2.24, 2.45) is 0 Å². The molecule has 0 fully saturated rings. The standard InChI is InChI=1S/C14H26O10/c1-5-19-11(15)7-9-13(3,21-17)23-24-14(4,22-18)10-8-12(16)20-6-2/h17-18H,5-10H2,1-4H3. The Morgan fingerprint density at radius 1 is 0.792 bits per heavy atom. The molecule has 0 aliphatic rings. The van der Waals surface area contributed by atoms with Crippen molar-refractivity contribution in [3.63, 3.8) is 0 Å². The molecule has 2 atom stereocenters. The first kappa shape index (κ1) is 22.7. The second kappa shape index (κ2) is 11.3. The zero-order valence-corrected chi connectivity index (χ0v) is 14.4. The first-order valence-electron chi connectivity index (χ1n) is 7.57. The lowest BCUT2D eigenvalue weighted by Crippen LogP contribution is -2.39. The molecule has 0 radical (unpaired) electrons. The van der Waals surface area contributed by atoms with E-state index in [0.29, 0.717) is 0 Å². The monoisotopic (exact) mass is 354 g/mol. The summed E-state index contributed by atoms with van der Waals surface area (Å²) in [5.41, 5.74) is 0. The van der Waals surface area contributed by atoms with Crippen LogP contribution < -0.4 is 0 Å². The largest absolute Gasteiger partial charge is 0.466 e. The molecule has 0 aliphatic carbocycles. The summed E-state index contributed by atoms with van der Waals surface area (Å²) in [7, 11) is 0. The van der Waals surface area contributed by atoms with E-state index >= 15 is 0 Å². The molecule has 0 saturated carbocycles. The van der Waals surface area contributed by atoms with Gasteiger partial charge in [0.25, 0.3) is 0 Å². The molecule has 0 amide bonds. The van der Waals surface area contributed by atoms with Gasteiger partial charge in [0.05, 0.1) is 26.1 Å². The molecule has 0 aromatic carbocycles. The second-order valence-corrected chi connectivity index (χ2v) is 5.23. The molecule has 0 saturated heterocycles. The molecule has 0 spiro atoms. The maximum absolute atomic E-state index is 11.3. The van der Waals surface area contributed by atoms with Gasteiger partial charge >= 0.3 is 11.9 Å². The minimum atomic E-state index is -1.71. The molecule has 0 aromatic rings. The lowest BCUT2D eigenvalue weighted by atomic mass is 10.1. The first-order chi connectivity index (χ1) is 11.2. The molecule has 2 unspecified atom stereocenters. The molecule has 2 N–H and O–H groups in total. The van der Waals surface area contributed by atoms with Crippen LogP contribution in [0.2, 0.25) is 0 Å². The van der Waals surface area contributed by atoms with E-state index in [1.807, 2.05) is 0 Å². The third-order valence-corrected chi connectivity index (χ3v) is 2.96. The summed E-state index contributed by atoms with van der Waals surface area (Å²) in [6, 6.07) is 0. The van der Waals surface area contributed by atoms with E-state index in [9.17, 15) is 9.59 Å². The summed E-state index contributed by atoms with van der Waals surface area (Å²) in [6.07, 6.45) is -0.398. The number of ether oxygens (including phenoxy) is 2. The molecule has 0 bridgehead atoms. The van der Waals surface area contributed by atoms with Crippen molar-refractivity contribution in [1.82, 2.24) is 0 Å². The Labute approximate surface area is 140 Å². The number of esters is 2. The molecular formula is C14H26O10. The molecule has 10 heteroatoms. The quantitative estimate of drug-likeness (QED) is 0.219. The highest BCUT2D eigenvalue weighted by Crippen LogP contribution is 2.26. The Morgan fingerprint density at radius 2 is 1.12 bits per heavy atom. The van der Waals surface area contributed by atoms with Crippen molar-refractivity contribution in [3.05, 3.63) is 0 Å². The van der Waals surface area contributed by atoms with Crippen LogP contribution in [0.5, 0.6) is 0 Å². The summed E-state index contributed by atoms with van der Waals surface area (Å²) in [5.74, 6) is -4.44. The maximum Gasteiger partial charge on any atom is 0.305 e. The van der Waals surface area contributed by atoms with E-state index in [1.165, 1.54) is 13.8 Å². The number of rotatable bonds is 13. The van der Waals surface area contributed by atoms with Gasteiger partial charge in [0.2, 0.25) is 11.6 Å². The Morgan fingerprint density at radius 3 is 1.38 bits per heavy atom. The summed E-state index contributed by atoms with van der Waals surface area (Å²) >= 11 is 0. The van der Waals surface area contributed by atoms with Crippen molar-refractivity contribution >= 4 is 11.9 Å². The summed E-state index contributed by atoms with van der Waals surface area (Å²) in [5, 5.41) is 17.9. The second-order valence-electron chi connectivity index (χ2n) is 5.23. The summed E-state index contributed by atoms with van der Waals surface area (Å²) in [6.45, 7) is 6.36. The average Bonchev–Trinajstić information content (AvgIpc) is 2.57. The summed E-state index contributed by atoms with van der Waals surface area (Å²) in [4.78, 5) is 40.9. The van der Waals surface area contributed by atoms with Crippen LogP contribution in [-0.4, -0.2) is 47.2 Å². The maximum atomic E-state index is 11.3. The molecule has 0 heterocycles. The van der Waals surface area contributed by atoms with Crippen molar-refractivity contribution in [3.8, 4) is 0 Å². The Bertz CT molecular complexity index is 352. The number of carbonyl (C=O) groups is 2. The van der Waals surface area contributed by atoms with Gasteiger partial charge in [-0.05, 0) is 27.7 Å². The highest BCUT2D eigenvalue weighted by molar-refractivity contribution is 5.69. The lowest BCUT2D eigenvalue weighted by Gasteiger charge is -2.30. The molecule has 142 valence electrons. The van der Waals surface area contributed by atoms with Gasteiger partial charge in [-0.25, -0.2) is 20.3 Å². The first-order valence-corrected chi connectivity index (χ1v) is 7.57. The number of hydrogen-bond acceptors (Lipinski definition) is 10. The molecule has 10 nitrogen and oxygen atoms in total. The van der Waals surface area contributed by atoms with E-state index < -0.39 is 23.5 Å². The molecule has 0 aliphatic heterocycles. The minimum absolute atomic E-state index is 0.0955. The Balaban J connectivity index is 4.52. The Hall–Kier alpha value is -1.30. The van der Waals surface area contributed by atoms with Gasteiger partial charge in [0.15, 0.2) is 0 Å². The molecule has 0 rings (SSSR count). The predicted octanol–water partition coefficient (Wildman–Crippen LogP) is 2.03. The van der Waals surface area contributed by atoms with Crippen LogP contribution in [0.1, 0.15) is 53.4 Å². The zero-order chi connectivity index (χ0) is 18.6. The van der Waals surface area contributed by atoms with E-state index in [-0.39, 0.29) is 38.9 Å². The van der Waals surface area contributed by atoms with E-state index in [0.717, 1.165) is 0 Å². The number of carbonyl (C=O) groups excluding carboxylic acids is 2. The van der Waals surface area contributed by atoms with Crippen molar-refractivity contribution in [1.29, 1.82) is 0 Å². The van der Waals surface area contributed by atoms with Crippen molar-refractivity contribution in [2.45, 2.75) is 65.0 Å². The van der Waals surface area contributed by atoms with Crippen LogP contribution in [0.15, 0.2) is 0 Å². The fourth-order valence-corrected chi connectivity index (χ4v) is 1.51. The zero-order valence-electron chi connectivity index (χ0n) is 14.4. The van der Waals surface area contributed by atoms with Gasteiger partial charge in [0.1, 0.15) is 0 Å². The third-order valence-electron chi connectivity index (χ3n) is 2.96. The minimum Gasteiger partial charge on any atom is -0.466 e. The topological polar surface area (TPSA) is 130 Å². The van der Waals surface area contributed by atoms with Gasteiger partial charge < -0.3 is 9.47 Å². The van der Waals surface area contributed by atoms with E-state index in [2.05, 4.69) is 9.78 Å². The van der Waals surface area contributed by atoms with Gasteiger partial charge in [-0.3, -0.25) is 9.59 Å². The van der Waals surface area contributed by atoms with Crippen LogP contribution in [0.3, 0.4) is 0 Å². The van der Waals surface area contributed by atoms with Crippen LogP contribution in [0.4, 0.5) is 0 Å². The fourth-order valence-electron chi connectivity index (χ4n) is 1.51.